The van der Waals surface area contributed by atoms with Crippen LogP contribution in [0, 0.1) is 24.6 Å². The quantitative estimate of drug-likeness (QED) is 0.463. The second kappa shape index (κ2) is 8.11. The van der Waals surface area contributed by atoms with Gasteiger partial charge >= 0.3 is 0 Å². The maximum absolute atomic E-state index is 14.1. The lowest BCUT2D eigenvalue weighted by Gasteiger charge is -2.34. The third-order valence-corrected chi connectivity index (χ3v) is 5.67. The number of benzene rings is 2. The zero-order valence-corrected chi connectivity index (χ0v) is 18.0. The van der Waals surface area contributed by atoms with Crippen LogP contribution in [0.1, 0.15) is 28.8 Å². The van der Waals surface area contributed by atoms with E-state index in [-0.39, 0.29) is 23.5 Å². The van der Waals surface area contributed by atoms with Crippen LogP contribution in [-0.2, 0) is 0 Å². The molecule has 0 unspecified atom stereocenters. The van der Waals surface area contributed by atoms with Crippen molar-refractivity contribution in [2.24, 2.45) is 0 Å². The highest BCUT2D eigenvalue weighted by atomic mass is 79.9. The van der Waals surface area contributed by atoms with Crippen LogP contribution in [0.4, 0.5) is 29.1 Å². The van der Waals surface area contributed by atoms with Crippen molar-refractivity contribution in [2.75, 3.05) is 23.3 Å². The Labute approximate surface area is 184 Å². The lowest BCUT2D eigenvalue weighted by atomic mass is 10.0. The molecule has 0 saturated carbocycles. The van der Waals surface area contributed by atoms with Gasteiger partial charge < -0.3 is 10.2 Å². The van der Waals surface area contributed by atoms with E-state index in [2.05, 4.69) is 32.3 Å². The van der Waals surface area contributed by atoms with E-state index in [1.807, 2.05) is 0 Å². The van der Waals surface area contributed by atoms with E-state index in [0.717, 1.165) is 6.07 Å². The number of carbonyl (C=O) groups excluding carboxylic acids is 1. The zero-order chi connectivity index (χ0) is 22.3. The first-order valence-electron chi connectivity index (χ1n) is 9.55. The summed E-state index contributed by atoms with van der Waals surface area (Å²) in [7, 11) is 0. The van der Waals surface area contributed by atoms with Crippen molar-refractivity contribution in [3.05, 3.63) is 63.6 Å². The normalized spacial score (nSPS) is 15.9. The molecule has 2 aromatic carbocycles. The van der Waals surface area contributed by atoms with Gasteiger partial charge in [-0.3, -0.25) is 4.79 Å². The molecule has 4 nitrogen and oxygen atoms in total. The monoisotopic (exact) mass is 494 g/mol. The number of fused-ring (bicyclic) bond motifs is 1. The molecule has 1 aliphatic heterocycles. The molecule has 1 fully saturated rings. The van der Waals surface area contributed by atoms with Gasteiger partial charge in [0.1, 0.15) is 17.5 Å². The number of hydrogen-bond donors (Lipinski definition) is 1. The second-order valence-corrected chi connectivity index (χ2v) is 8.39. The minimum atomic E-state index is -2.85. The molecule has 1 amide bonds. The number of rotatable bonds is 3. The van der Waals surface area contributed by atoms with Gasteiger partial charge in [-0.05, 0) is 37.6 Å². The number of amides is 1. The average Bonchev–Trinajstić information content (AvgIpc) is 2.68. The molecule has 9 heteroatoms. The molecule has 3 aromatic rings. The molecule has 1 aromatic heterocycles. The van der Waals surface area contributed by atoms with Gasteiger partial charge in [0, 0.05) is 40.5 Å². The Hall–Kier alpha value is -2.68. The van der Waals surface area contributed by atoms with Crippen LogP contribution in [0.5, 0.6) is 0 Å². The van der Waals surface area contributed by atoms with Gasteiger partial charge in [-0.2, -0.15) is 0 Å². The first-order chi connectivity index (χ1) is 14.6. The van der Waals surface area contributed by atoms with E-state index in [1.54, 1.807) is 25.1 Å². The van der Waals surface area contributed by atoms with Gasteiger partial charge in [-0.1, -0.05) is 15.9 Å². The molecule has 161 valence electrons. The van der Waals surface area contributed by atoms with Crippen LogP contribution in [0.3, 0.4) is 0 Å². The third kappa shape index (κ3) is 4.37. The molecule has 0 spiro atoms. The molecule has 1 aliphatic rings. The summed E-state index contributed by atoms with van der Waals surface area (Å²) in [6.45, 7) is 1.51. The molecule has 0 aliphatic carbocycles. The van der Waals surface area contributed by atoms with Crippen molar-refractivity contribution in [3.63, 3.8) is 0 Å². The van der Waals surface area contributed by atoms with E-state index in [4.69, 9.17) is 0 Å². The summed E-state index contributed by atoms with van der Waals surface area (Å²) < 4.78 is 56.0. The average molecular weight is 495 g/mol. The molecule has 31 heavy (non-hydrogen) atoms. The number of piperidine rings is 1. The molecule has 1 radical (unpaired) electrons. The predicted octanol–water partition coefficient (Wildman–Crippen LogP) is 5.87. The fraction of sp³-hybridized carbons (Fsp3) is 0.273. The SMILES string of the molecule is Cc1c(N2CCCC(F)(F)C2)nc2ccc(Br)cc2c1C(=O)Nc1[c]cc(F)cc1F. The number of aromatic nitrogens is 1. The van der Waals surface area contributed by atoms with Gasteiger partial charge in [0.25, 0.3) is 11.8 Å². The van der Waals surface area contributed by atoms with E-state index < -0.39 is 30.0 Å². The molecule has 1 N–H and O–H groups in total. The van der Waals surface area contributed by atoms with Crippen molar-refractivity contribution >= 4 is 44.2 Å². The Morgan fingerprint density at radius 1 is 1.29 bits per heavy atom. The Morgan fingerprint density at radius 2 is 2.06 bits per heavy atom. The van der Waals surface area contributed by atoms with Gasteiger partial charge in [0.05, 0.1) is 23.3 Å². The van der Waals surface area contributed by atoms with Crippen LogP contribution in [0.2, 0.25) is 0 Å². The van der Waals surface area contributed by atoms with Gasteiger partial charge in [-0.25, -0.2) is 22.5 Å². The lowest BCUT2D eigenvalue weighted by Crippen LogP contribution is -2.43. The first-order valence-corrected chi connectivity index (χ1v) is 10.3. The van der Waals surface area contributed by atoms with E-state index in [1.165, 1.54) is 4.90 Å². The Kier molecular flexibility index (Phi) is 5.63. The highest BCUT2D eigenvalue weighted by molar-refractivity contribution is 9.10. The number of anilines is 2. The highest BCUT2D eigenvalue weighted by Crippen LogP contribution is 2.35. The topological polar surface area (TPSA) is 45.2 Å². The first kappa shape index (κ1) is 21.5. The fourth-order valence-corrected chi connectivity index (χ4v) is 4.14. The van der Waals surface area contributed by atoms with E-state index in [0.29, 0.717) is 40.0 Å². The smallest absolute Gasteiger partial charge is 0.265 e. The summed E-state index contributed by atoms with van der Waals surface area (Å²) in [6, 6.07) is 9.00. The number of nitrogens with one attached hydrogen (secondary N) is 1. The zero-order valence-electron chi connectivity index (χ0n) is 16.4. The van der Waals surface area contributed by atoms with Crippen LogP contribution < -0.4 is 10.2 Å². The van der Waals surface area contributed by atoms with Gasteiger partial charge in [0.2, 0.25) is 0 Å². The number of nitrogens with zero attached hydrogens (tertiary/aromatic N) is 2. The van der Waals surface area contributed by atoms with Crippen molar-refractivity contribution in [1.82, 2.24) is 4.98 Å². The Morgan fingerprint density at radius 3 is 2.77 bits per heavy atom. The van der Waals surface area contributed by atoms with Crippen molar-refractivity contribution in [3.8, 4) is 0 Å². The maximum atomic E-state index is 14.1. The Balaban J connectivity index is 1.83. The number of alkyl halides is 2. The van der Waals surface area contributed by atoms with Crippen LogP contribution >= 0.6 is 15.9 Å². The molecule has 2 heterocycles. The fourth-order valence-electron chi connectivity index (χ4n) is 3.78. The second-order valence-electron chi connectivity index (χ2n) is 7.47. The predicted molar refractivity (Wildman–Crippen MR) is 114 cm³/mol. The van der Waals surface area contributed by atoms with Crippen molar-refractivity contribution < 1.29 is 22.4 Å². The highest BCUT2D eigenvalue weighted by Gasteiger charge is 2.36. The summed E-state index contributed by atoms with van der Waals surface area (Å²) >= 11 is 3.36. The van der Waals surface area contributed by atoms with Crippen LogP contribution in [0.15, 0.2) is 34.8 Å². The minimum Gasteiger partial charge on any atom is -0.350 e. The van der Waals surface area contributed by atoms with Crippen LogP contribution in [0.25, 0.3) is 10.9 Å². The summed E-state index contributed by atoms with van der Waals surface area (Å²) in [6.07, 6.45) is 0.0971. The standard InChI is InChI=1S/C22H17BrF4N3O/c1-12-19(21(31)29-18-6-4-14(24)10-16(18)25)15-9-13(23)3-5-17(15)28-20(12)30-8-2-7-22(26,27)11-30/h3-5,9-10H,2,7-8,11H2,1H3,(H,29,31). The summed E-state index contributed by atoms with van der Waals surface area (Å²) in [5.41, 5.74) is 0.693. The van der Waals surface area contributed by atoms with Crippen LogP contribution in [-0.4, -0.2) is 29.9 Å². The molecular formula is C22H17BrF4N3O. The molecule has 0 atom stereocenters. The molecule has 4 rings (SSSR count). The lowest BCUT2D eigenvalue weighted by molar-refractivity contribution is -0.0118. The third-order valence-electron chi connectivity index (χ3n) is 5.18. The van der Waals surface area contributed by atoms with E-state index in [9.17, 15) is 22.4 Å². The Bertz CT molecular complexity index is 1190. The van der Waals surface area contributed by atoms with Gasteiger partial charge in [0.15, 0.2) is 0 Å². The van der Waals surface area contributed by atoms with E-state index >= 15 is 0 Å². The van der Waals surface area contributed by atoms with Gasteiger partial charge in [-0.15, -0.1) is 0 Å². The summed E-state index contributed by atoms with van der Waals surface area (Å²) in [5.74, 6) is -5.03. The van der Waals surface area contributed by atoms with Crippen molar-refractivity contribution in [1.29, 1.82) is 0 Å². The molecular weight excluding hydrogens is 478 g/mol. The van der Waals surface area contributed by atoms with Crippen molar-refractivity contribution in [2.45, 2.75) is 25.7 Å². The number of hydrogen-bond acceptors (Lipinski definition) is 3. The number of pyridine rings is 1. The largest absolute Gasteiger partial charge is 0.350 e. The summed E-state index contributed by atoms with van der Waals surface area (Å²) in [5, 5.41) is 2.88. The summed E-state index contributed by atoms with van der Waals surface area (Å²) in [4.78, 5) is 19.2. The minimum absolute atomic E-state index is 0.173. The maximum Gasteiger partial charge on any atom is 0.265 e. The number of carbonyl (C=O) groups is 1. The molecule has 0 bridgehead atoms. The molecule has 1 saturated heterocycles. The number of halogens is 5.